The molecule has 0 amide bonds. The van der Waals surface area contributed by atoms with Crippen LogP contribution in [-0.2, 0) is 20.9 Å². The summed E-state index contributed by atoms with van der Waals surface area (Å²) < 4.78 is 11.6. The van der Waals surface area contributed by atoms with E-state index in [1.54, 1.807) is 14.0 Å². The lowest BCUT2D eigenvalue weighted by atomic mass is 10.2. The Bertz CT molecular complexity index is 370. The van der Waals surface area contributed by atoms with E-state index in [4.69, 9.17) is 21.3 Å². The first-order valence-electron chi connectivity index (χ1n) is 5.68. The third-order valence-electron chi connectivity index (χ3n) is 2.63. The average molecular weight is 272 g/mol. The number of esters is 1. The largest absolute Gasteiger partial charge is 0.468 e. The van der Waals surface area contributed by atoms with Gasteiger partial charge < -0.3 is 9.47 Å². The summed E-state index contributed by atoms with van der Waals surface area (Å²) in [5, 5.41) is 0. The zero-order chi connectivity index (χ0) is 13.5. The molecule has 5 heteroatoms. The summed E-state index contributed by atoms with van der Waals surface area (Å²) in [7, 11) is 2.94. The predicted octanol–water partition coefficient (Wildman–Crippen LogP) is 2.22. The van der Waals surface area contributed by atoms with Gasteiger partial charge in [0.05, 0.1) is 19.8 Å². The van der Waals surface area contributed by atoms with E-state index in [-0.39, 0.29) is 6.10 Å². The Morgan fingerprint density at radius 1 is 1.39 bits per heavy atom. The van der Waals surface area contributed by atoms with E-state index in [1.807, 2.05) is 30.3 Å². The maximum absolute atomic E-state index is 11.6. The molecule has 2 atom stereocenters. The number of carbonyl (C=O) groups excluding carboxylic acids is 1. The van der Waals surface area contributed by atoms with Gasteiger partial charge in [0.2, 0.25) is 0 Å². The molecule has 0 aliphatic rings. The van der Waals surface area contributed by atoms with Crippen molar-refractivity contribution in [1.82, 2.24) is 4.42 Å². The molecule has 0 heterocycles. The molecule has 0 N–H and O–H groups in total. The highest BCUT2D eigenvalue weighted by molar-refractivity contribution is 6.14. The first-order valence-corrected chi connectivity index (χ1v) is 6.02. The van der Waals surface area contributed by atoms with Crippen LogP contribution in [-0.4, -0.2) is 36.7 Å². The van der Waals surface area contributed by atoms with Gasteiger partial charge in [-0.3, -0.25) is 4.79 Å². The van der Waals surface area contributed by atoms with Gasteiger partial charge in [-0.05, 0) is 24.3 Å². The normalized spacial score (nSPS) is 14.3. The molecule has 0 saturated heterocycles. The highest BCUT2D eigenvalue weighted by atomic mass is 35.5. The van der Waals surface area contributed by atoms with Crippen molar-refractivity contribution in [2.45, 2.75) is 25.7 Å². The third-order valence-corrected chi connectivity index (χ3v) is 2.84. The van der Waals surface area contributed by atoms with Crippen LogP contribution in [0.5, 0.6) is 0 Å². The van der Waals surface area contributed by atoms with Crippen molar-refractivity contribution in [3.05, 3.63) is 35.9 Å². The molecule has 1 rings (SSSR count). The van der Waals surface area contributed by atoms with Crippen LogP contribution in [0.1, 0.15) is 12.5 Å². The number of likely N-dealkylation sites (N-methyl/N-ethyl adjacent to an activating group) is 1. The maximum Gasteiger partial charge on any atom is 0.327 e. The maximum atomic E-state index is 11.6. The second kappa shape index (κ2) is 7.36. The molecule has 0 radical (unpaired) electrons. The number of ether oxygens (including phenoxy) is 2. The lowest BCUT2D eigenvalue weighted by Crippen LogP contribution is -2.43. The fraction of sp³-hybridized carbons (Fsp3) is 0.462. The fourth-order valence-corrected chi connectivity index (χ4v) is 1.88. The average Bonchev–Trinajstić information content (AvgIpc) is 2.37. The summed E-state index contributed by atoms with van der Waals surface area (Å²) in [4.78, 5) is 11.6. The van der Waals surface area contributed by atoms with Crippen molar-refractivity contribution in [2.24, 2.45) is 0 Å². The number of halogens is 1. The second-order valence-electron chi connectivity index (χ2n) is 3.99. The van der Waals surface area contributed by atoms with Crippen molar-refractivity contribution < 1.29 is 14.3 Å². The zero-order valence-electron chi connectivity index (χ0n) is 10.8. The van der Waals surface area contributed by atoms with Crippen LogP contribution in [0.15, 0.2) is 30.3 Å². The third kappa shape index (κ3) is 4.29. The summed E-state index contributed by atoms with van der Waals surface area (Å²) in [5.41, 5.74) is 1.05. The number of benzene rings is 1. The van der Waals surface area contributed by atoms with Crippen molar-refractivity contribution in [3.63, 3.8) is 0 Å². The first kappa shape index (κ1) is 15.0. The molecule has 18 heavy (non-hydrogen) atoms. The number of hydrogen-bond donors (Lipinski definition) is 0. The number of rotatable bonds is 6. The molecule has 1 aromatic carbocycles. The molecule has 0 aromatic heterocycles. The molecule has 1 aromatic rings. The standard InChI is InChI=1S/C13H18ClNO3/c1-10(12(15(2)14)13(16)17-3)18-9-11-7-5-4-6-8-11/h4-8,10,12H,9H2,1-3H3/t10-,12+/m1/s1. The quantitative estimate of drug-likeness (QED) is 0.587. The Kier molecular flexibility index (Phi) is 6.12. The zero-order valence-corrected chi connectivity index (χ0v) is 11.6. The molecular weight excluding hydrogens is 254 g/mol. The van der Waals surface area contributed by atoms with Crippen molar-refractivity contribution in [2.75, 3.05) is 14.2 Å². The number of methoxy groups -OCH3 is 1. The van der Waals surface area contributed by atoms with E-state index >= 15 is 0 Å². The summed E-state index contributed by atoms with van der Waals surface area (Å²) in [6, 6.07) is 9.12. The van der Waals surface area contributed by atoms with Gasteiger partial charge >= 0.3 is 5.97 Å². The van der Waals surface area contributed by atoms with Gasteiger partial charge in [-0.25, -0.2) is 4.42 Å². The number of hydrogen-bond acceptors (Lipinski definition) is 4. The Morgan fingerprint density at radius 2 is 2.00 bits per heavy atom. The second-order valence-corrected chi connectivity index (χ2v) is 4.53. The van der Waals surface area contributed by atoms with Crippen molar-refractivity contribution >= 4 is 17.7 Å². The predicted molar refractivity (Wildman–Crippen MR) is 70.1 cm³/mol. The molecule has 0 spiro atoms. The van der Waals surface area contributed by atoms with Gasteiger partial charge in [0, 0.05) is 7.05 Å². The molecular formula is C13H18ClNO3. The smallest absolute Gasteiger partial charge is 0.327 e. The van der Waals surface area contributed by atoms with E-state index in [9.17, 15) is 4.79 Å². The van der Waals surface area contributed by atoms with Gasteiger partial charge in [-0.1, -0.05) is 30.3 Å². The highest BCUT2D eigenvalue weighted by Crippen LogP contribution is 2.13. The minimum Gasteiger partial charge on any atom is -0.468 e. The number of carbonyl (C=O) groups is 1. The fourth-order valence-electron chi connectivity index (χ4n) is 1.64. The molecule has 0 unspecified atom stereocenters. The van der Waals surface area contributed by atoms with E-state index < -0.39 is 12.0 Å². The lowest BCUT2D eigenvalue weighted by molar-refractivity contribution is -0.150. The van der Waals surface area contributed by atoms with E-state index in [0.717, 1.165) is 5.56 Å². The van der Waals surface area contributed by atoms with Gasteiger partial charge in [-0.2, -0.15) is 0 Å². The molecule has 0 aliphatic heterocycles. The molecule has 0 fully saturated rings. The van der Waals surface area contributed by atoms with Crippen LogP contribution < -0.4 is 0 Å². The molecule has 0 bridgehead atoms. The Balaban J connectivity index is 2.57. The van der Waals surface area contributed by atoms with Crippen LogP contribution in [0.3, 0.4) is 0 Å². The minimum absolute atomic E-state index is 0.361. The molecule has 0 aliphatic carbocycles. The van der Waals surface area contributed by atoms with Gasteiger partial charge in [0.15, 0.2) is 0 Å². The first-order chi connectivity index (χ1) is 8.56. The van der Waals surface area contributed by atoms with Gasteiger partial charge in [0.1, 0.15) is 6.04 Å². The van der Waals surface area contributed by atoms with Gasteiger partial charge in [-0.15, -0.1) is 0 Å². The summed E-state index contributed by atoms with van der Waals surface area (Å²) in [6.45, 7) is 2.23. The van der Waals surface area contributed by atoms with Crippen LogP contribution >= 0.6 is 11.8 Å². The van der Waals surface area contributed by atoms with Crippen molar-refractivity contribution in [1.29, 1.82) is 0 Å². The van der Waals surface area contributed by atoms with Crippen LogP contribution in [0.25, 0.3) is 0 Å². The molecule has 100 valence electrons. The topological polar surface area (TPSA) is 38.8 Å². The van der Waals surface area contributed by atoms with E-state index in [1.165, 1.54) is 11.5 Å². The molecule has 0 saturated carbocycles. The highest BCUT2D eigenvalue weighted by Gasteiger charge is 2.30. The van der Waals surface area contributed by atoms with E-state index in [2.05, 4.69) is 0 Å². The summed E-state index contributed by atoms with van der Waals surface area (Å²) >= 11 is 5.85. The lowest BCUT2D eigenvalue weighted by Gasteiger charge is -2.25. The minimum atomic E-state index is -0.625. The Morgan fingerprint density at radius 3 is 2.50 bits per heavy atom. The SMILES string of the molecule is COC(=O)[C@H]([C@@H](C)OCc1ccccc1)N(C)Cl. The van der Waals surface area contributed by atoms with Crippen molar-refractivity contribution in [3.8, 4) is 0 Å². The summed E-state index contributed by atoms with van der Waals surface area (Å²) in [6.07, 6.45) is -0.361. The van der Waals surface area contributed by atoms with E-state index in [0.29, 0.717) is 6.61 Å². The molecule has 4 nitrogen and oxygen atoms in total. The van der Waals surface area contributed by atoms with Crippen LogP contribution in [0.2, 0.25) is 0 Å². The monoisotopic (exact) mass is 271 g/mol. The van der Waals surface area contributed by atoms with Gasteiger partial charge in [0.25, 0.3) is 0 Å². The van der Waals surface area contributed by atoms with Crippen LogP contribution in [0.4, 0.5) is 0 Å². The Hall–Kier alpha value is -1.10. The number of nitrogens with zero attached hydrogens (tertiary/aromatic N) is 1. The van der Waals surface area contributed by atoms with Crippen LogP contribution in [0, 0.1) is 0 Å². The summed E-state index contributed by atoms with van der Waals surface area (Å²) in [5.74, 6) is -0.409. The Labute approximate surface area is 113 Å².